The van der Waals surface area contributed by atoms with Crippen LogP contribution >= 0.6 is 0 Å². The van der Waals surface area contributed by atoms with E-state index in [2.05, 4.69) is 15.1 Å². The number of benzene rings is 1. The predicted molar refractivity (Wildman–Crippen MR) is 105 cm³/mol. The topological polar surface area (TPSA) is 135 Å². The molecule has 1 amide bonds. The zero-order chi connectivity index (χ0) is 21.4. The van der Waals surface area contributed by atoms with E-state index < -0.39 is 10.0 Å². The highest BCUT2D eigenvalue weighted by Gasteiger charge is 2.17. The first-order chi connectivity index (χ1) is 13.8. The van der Waals surface area contributed by atoms with Crippen LogP contribution in [-0.4, -0.2) is 44.9 Å². The Kier molecular flexibility index (Phi) is 7.58. The first-order valence-corrected chi connectivity index (χ1v) is 10.2. The molecule has 0 atom stereocenters. The summed E-state index contributed by atoms with van der Waals surface area (Å²) in [7, 11) is -0.955. The number of nitrogens with one attached hydrogen (secondary N) is 2. The van der Waals surface area contributed by atoms with Crippen molar-refractivity contribution in [3.8, 4) is 17.6 Å². The lowest BCUT2D eigenvalue weighted by Gasteiger charge is -2.11. The van der Waals surface area contributed by atoms with Gasteiger partial charge in [-0.3, -0.25) is 4.79 Å². The maximum Gasteiger partial charge on any atom is 0.240 e. The summed E-state index contributed by atoms with van der Waals surface area (Å²) >= 11 is 0. The summed E-state index contributed by atoms with van der Waals surface area (Å²) in [6, 6.07) is 7.93. The van der Waals surface area contributed by atoms with Gasteiger partial charge in [-0.05, 0) is 19.1 Å². The summed E-state index contributed by atoms with van der Waals surface area (Å²) in [4.78, 5) is 12.2. The summed E-state index contributed by atoms with van der Waals surface area (Å²) in [6.07, 6.45) is 0.185. The maximum absolute atomic E-state index is 12.4. The molecule has 0 radical (unpaired) electrons. The molecule has 0 aliphatic rings. The molecule has 1 aromatic heterocycles. The molecular weight excluding hydrogens is 398 g/mol. The molecule has 2 aromatic rings. The Hall–Kier alpha value is -3.10. The summed E-state index contributed by atoms with van der Waals surface area (Å²) < 4.78 is 39.0. The van der Waals surface area contributed by atoms with Crippen LogP contribution in [-0.2, 0) is 21.4 Å². The van der Waals surface area contributed by atoms with Crippen LogP contribution in [0.3, 0.4) is 0 Å². The highest BCUT2D eigenvalue weighted by Crippen LogP contribution is 2.29. The van der Waals surface area contributed by atoms with Gasteiger partial charge in [0.25, 0.3) is 0 Å². The number of hydrogen-bond acceptors (Lipinski definition) is 7. The van der Waals surface area contributed by atoms with E-state index in [9.17, 15) is 13.2 Å². The van der Waals surface area contributed by atoms with Crippen LogP contribution in [0, 0.1) is 18.3 Å². The van der Waals surface area contributed by atoms with Gasteiger partial charge in [-0.15, -0.1) is 0 Å². The van der Waals surface area contributed by atoms with Crippen LogP contribution < -0.4 is 19.5 Å². The van der Waals surface area contributed by atoms with Gasteiger partial charge in [0.2, 0.25) is 15.9 Å². The second-order valence-corrected chi connectivity index (χ2v) is 7.78. The molecular formula is C18H23N5O5S. The summed E-state index contributed by atoms with van der Waals surface area (Å²) in [5.74, 6) is 0.784. The number of methoxy groups -OCH3 is 2. The van der Waals surface area contributed by atoms with E-state index in [0.717, 1.165) is 0 Å². The smallest absolute Gasteiger partial charge is 0.240 e. The molecule has 2 rings (SSSR count). The Morgan fingerprint density at radius 3 is 2.62 bits per heavy atom. The predicted octanol–water partition coefficient (Wildman–Crippen LogP) is 1.43. The number of ether oxygens (including phenoxy) is 2. The molecule has 2 N–H and O–H groups in total. The van der Waals surface area contributed by atoms with E-state index >= 15 is 0 Å². The average Bonchev–Trinajstić information content (AvgIpc) is 3.04. The number of rotatable bonds is 10. The lowest BCUT2D eigenvalue weighted by molar-refractivity contribution is -0.116. The van der Waals surface area contributed by atoms with Crippen molar-refractivity contribution in [2.24, 2.45) is 0 Å². The van der Waals surface area contributed by atoms with Crippen molar-refractivity contribution in [2.45, 2.75) is 31.2 Å². The summed E-state index contributed by atoms with van der Waals surface area (Å²) in [6.45, 7) is 2.04. The van der Waals surface area contributed by atoms with Gasteiger partial charge in [-0.2, -0.15) is 10.4 Å². The van der Waals surface area contributed by atoms with Crippen LogP contribution in [0.1, 0.15) is 18.5 Å². The van der Waals surface area contributed by atoms with E-state index in [1.54, 1.807) is 13.0 Å². The fourth-order valence-corrected chi connectivity index (χ4v) is 3.59. The van der Waals surface area contributed by atoms with Crippen molar-refractivity contribution in [3.63, 3.8) is 0 Å². The molecule has 10 nitrogen and oxygen atoms in total. The first kappa shape index (κ1) is 22.2. The van der Waals surface area contributed by atoms with Crippen molar-refractivity contribution in [2.75, 3.05) is 26.1 Å². The molecule has 0 spiro atoms. The number of amides is 1. The SMILES string of the molecule is COc1ccc(S(=O)(=O)NCCC(=O)Nc2cc(C)nn2CCC#N)cc1OC. The second kappa shape index (κ2) is 9.90. The number of hydrogen-bond donors (Lipinski definition) is 2. The van der Waals surface area contributed by atoms with E-state index in [4.69, 9.17) is 14.7 Å². The van der Waals surface area contributed by atoms with E-state index in [0.29, 0.717) is 23.8 Å². The highest BCUT2D eigenvalue weighted by atomic mass is 32.2. The molecule has 0 saturated carbocycles. The number of carbonyl (C=O) groups excluding carboxylic acids is 1. The molecule has 11 heteroatoms. The van der Waals surface area contributed by atoms with Crippen LogP contribution in [0.15, 0.2) is 29.2 Å². The Balaban J connectivity index is 1.95. The number of sulfonamides is 1. The third-order valence-corrected chi connectivity index (χ3v) is 5.37. The largest absolute Gasteiger partial charge is 0.493 e. The van der Waals surface area contributed by atoms with Crippen LogP contribution in [0.2, 0.25) is 0 Å². The molecule has 0 aliphatic carbocycles. The minimum absolute atomic E-state index is 0.000706. The number of anilines is 1. The molecule has 0 fully saturated rings. The van der Waals surface area contributed by atoms with Gasteiger partial charge in [0.15, 0.2) is 11.5 Å². The van der Waals surface area contributed by atoms with Crippen molar-refractivity contribution >= 4 is 21.7 Å². The third kappa shape index (κ3) is 5.94. The molecule has 29 heavy (non-hydrogen) atoms. The highest BCUT2D eigenvalue weighted by molar-refractivity contribution is 7.89. The Bertz CT molecular complexity index is 1010. The fourth-order valence-electron chi connectivity index (χ4n) is 2.54. The van der Waals surface area contributed by atoms with Gasteiger partial charge in [-0.25, -0.2) is 17.8 Å². The van der Waals surface area contributed by atoms with Gasteiger partial charge in [0.1, 0.15) is 5.82 Å². The van der Waals surface area contributed by atoms with Crippen molar-refractivity contribution in [1.29, 1.82) is 5.26 Å². The van der Waals surface area contributed by atoms with Crippen molar-refractivity contribution < 1.29 is 22.7 Å². The number of aromatic nitrogens is 2. The van der Waals surface area contributed by atoms with Crippen molar-refractivity contribution in [3.05, 3.63) is 30.0 Å². The van der Waals surface area contributed by atoms with Crippen LogP contribution in [0.5, 0.6) is 11.5 Å². The second-order valence-electron chi connectivity index (χ2n) is 6.01. The summed E-state index contributed by atoms with van der Waals surface area (Å²) in [5, 5.41) is 15.6. The van der Waals surface area contributed by atoms with E-state index in [1.165, 1.54) is 37.1 Å². The van der Waals surface area contributed by atoms with Gasteiger partial charge >= 0.3 is 0 Å². The molecule has 0 saturated heterocycles. The maximum atomic E-state index is 12.4. The number of nitriles is 1. The molecule has 1 aromatic carbocycles. The molecule has 156 valence electrons. The lowest BCUT2D eigenvalue weighted by atomic mass is 10.3. The quantitative estimate of drug-likeness (QED) is 0.592. The van der Waals surface area contributed by atoms with Gasteiger partial charge in [0, 0.05) is 25.1 Å². The third-order valence-electron chi connectivity index (χ3n) is 3.91. The molecule has 0 unspecified atom stereocenters. The monoisotopic (exact) mass is 421 g/mol. The average molecular weight is 421 g/mol. The van der Waals surface area contributed by atoms with E-state index in [-0.39, 0.29) is 35.9 Å². The van der Waals surface area contributed by atoms with Crippen LogP contribution in [0.4, 0.5) is 5.82 Å². The van der Waals surface area contributed by atoms with E-state index in [1.807, 2.05) is 6.07 Å². The lowest BCUT2D eigenvalue weighted by Crippen LogP contribution is -2.28. The number of aryl methyl sites for hydroxylation is 2. The van der Waals surface area contributed by atoms with Crippen molar-refractivity contribution in [1.82, 2.24) is 14.5 Å². The van der Waals surface area contributed by atoms with Crippen LogP contribution in [0.25, 0.3) is 0 Å². The normalized spacial score (nSPS) is 11.0. The minimum Gasteiger partial charge on any atom is -0.493 e. The Morgan fingerprint density at radius 2 is 1.97 bits per heavy atom. The summed E-state index contributed by atoms with van der Waals surface area (Å²) in [5.41, 5.74) is 0.701. The molecule has 1 heterocycles. The minimum atomic E-state index is -3.82. The molecule has 0 bridgehead atoms. The fraction of sp³-hybridized carbons (Fsp3) is 0.389. The van der Waals surface area contributed by atoms with Gasteiger partial charge < -0.3 is 14.8 Å². The standard InChI is InChI=1S/C18H23N5O5S/c1-13-11-17(23(22-13)10-4-8-19)21-18(24)7-9-20-29(25,26)14-5-6-15(27-2)16(12-14)28-3/h5-6,11-12,20H,4,7,9-10H2,1-3H3,(H,21,24). The zero-order valence-corrected chi connectivity index (χ0v) is 17.2. The first-order valence-electron chi connectivity index (χ1n) is 8.73. The Morgan fingerprint density at radius 1 is 1.24 bits per heavy atom. The van der Waals surface area contributed by atoms with Gasteiger partial charge in [-0.1, -0.05) is 0 Å². The van der Waals surface area contributed by atoms with Gasteiger partial charge in [0.05, 0.1) is 43.8 Å². The number of nitrogens with zero attached hydrogens (tertiary/aromatic N) is 3. The molecule has 0 aliphatic heterocycles. The number of carbonyl (C=O) groups is 1. The zero-order valence-electron chi connectivity index (χ0n) is 16.4. The Labute approximate surface area is 169 Å².